The highest BCUT2D eigenvalue weighted by molar-refractivity contribution is 7.11. The third kappa shape index (κ3) is 7.22. The van der Waals surface area contributed by atoms with Gasteiger partial charge in [-0.1, -0.05) is 20.8 Å². The van der Waals surface area contributed by atoms with Crippen molar-refractivity contribution < 1.29 is 0 Å². The van der Waals surface area contributed by atoms with E-state index in [1.807, 2.05) is 6.20 Å². The van der Waals surface area contributed by atoms with E-state index in [2.05, 4.69) is 53.2 Å². The Labute approximate surface area is 139 Å². The van der Waals surface area contributed by atoms with E-state index in [-0.39, 0.29) is 0 Å². The van der Waals surface area contributed by atoms with E-state index in [0.717, 1.165) is 56.5 Å². The number of nitrogens with one attached hydrogen (secondary N) is 2. The molecule has 0 spiro atoms. The predicted molar refractivity (Wildman–Crippen MR) is 96.7 cm³/mol. The van der Waals surface area contributed by atoms with Crippen LogP contribution in [0.25, 0.3) is 0 Å². The maximum atomic E-state index is 4.62. The molecule has 0 saturated heterocycles. The number of aromatic nitrogens is 1. The minimum atomic E-state index is 0.649. The molecule has 1 heterocycles. The fourth-order valence-electron chi connectivity index (χ4n) is 2.12. The Morgan fingerprint density at radius 2 is 2.00 bits per heavy atom. The third-order valence-electron chi connectivity index (χ3n) is 3.50. The first-order chi connectivity index (χ1) is 10.7. The van der Waals surface area contributed by atoms with Gasteiger partial charge in [0.15, 0.2) is 5.96 Å². The number of hydrogen-bond acceptors (Lipinski definition) is 4. The Balaban J connectivity index is 2.38. The van der Waals surface area contributed by atoms with Crippen LogP contribution in [0.1, 0.15) is 44.0 Å². The molecule has 1 rings (SSSR count). The summed E-state index contributed by atoms with van der Waals surface area (Å²) in [4.78, 5) is 12.8. The maximum absolute atomic E-state index is 4.62. The summed E-state index contributed by atoms with van der Waals surface area (Å²) in [6.45, 7) is 14.5. The zero-order chi connectivity index (χ0) is 16.2. The molecule has 5 nitrogen and oxygen atoms in total. The average molecular weight is 326 g/mol. The van der Waals surface area contributed by atoms with Gasteiger partial charge in [0, 0.05) is 24.2 Å². The van der Waals surface area contributed by atoms with Crippen LogP contribution in [-0.4, -0.2) is 48.6 Å². The number of aryl methyl sites for hydroxylation is 1. The lowest BCUT2D eigenvalue weighted by atomic mass is 10.3. The molecule has 0 amide bonds. The van der Waals surface area contributed by atoms with Crippen LogP contribution in [0.5, 0.6) is 0 Å². The van der Waals surface area contributed by atoms with E-state index in [1.165, 1.54) is 4.88 Å². The van der Waals surface area contributed by atoms with Crippen molar-refractivity contribution in [2.75, 3.05) is 32.7 Å². The van der Waals surface area contributed by atoms with Crippen molar-refractivity contribution >= 4 is 17.3 Å². The summed E-state index contributed by atoms with van der Waals surface area (Å²) >= 11 is 1.75. The van der Waals surface area contributed by atoms with Crippen LogP contribution >= 0.6 is 11.3 Å². The number of thiazole rings is 1. The molecular formula is C16H31N5S. The van der Waals surface area contributed by atoms with Gasteiger partial charge in [0.25, 0.3) is 0 Å². The zero-order valence-corrected chi connectivity index (χ0v) is 15.3. The van der Waals surface area contributed by atoms with Crippen molar-refractivity contribution in [2.24, 2.45) is 4.99 Å². The van der Waals surface area contributed by atoms with Gasteiger partial charge in [-0.3, -0.25) is 0 Å². The first kappa shape index (κ1) is 18.9. The first-order valence-corrected chi connectivity index (χ1v) is 9.23. The summed E-state index contributed by atoms with van der Waals surface area (Å²) in [5, 5.41) is 7.78. The van der Waals surface area contributed by atoms with Crippen molar-refractivity contribution in [3.05, 3.63) is 16.1 Å². The summed E-state index contributed by atoms with van der Waals surface area (Å²) in [5.74, 6) is 0.885. The molecule has 0 unspecified atom stereocenters. The quantitative estimate of drug-likeness (QED) is 0.394. The van der Waals surface area contributed by atoms with Gasteiger partial charge in [0.1, 0.15) is 5.01 Å². The second-order valence-corrected chi connectivity index (χ2v) is 6.28. The molecule has 0 bridgehead atoms. The number of aliphatic imine (C=N–C) groups is 1. The van der Waals surface area contributed by atoms with Crippen LogP contribution in [0, 0.1) is 0 Å². The van der Waals surface area contributed by atoms with Gasteiger partial charge in [-0.15, -0.1) is 11.3 Å². The van der Waals surface area contributed by atoms with Crippen molar-refractivity contribution in [3.63, 3.8) is 0 Å². The van der Waals surface area contributed by atoms with E-state index in [4.69, 9.17) is 0 Å². The van der Waals surface area contributed by atoms with E-state index in [9.17, 15) is 0 Å². The lowest BCUT2D eigenvalue weighted by Gasteiger charge is -2.18. The Kier molecular flexibility index (Phi) is 9.82. The lowest BCUT2D eigenvalue weighted by molar-refractivity contribution is 0.300. The molecule has 126 valence electrons. The van der Waals surface area contributed by atoms with Crippen LogP contribution < -0.4 is 10.6 Å². The van der Waals surface area contributed by atoms with Crippen molar-refractivity contribution in [3.8, 4) is 0 Å². The van der Waals surface area contributed by atoms with Gasteiger partial charge in [0.2, 0.25) is 0 Å². The number of rotatable bonds is 10. The molecule has 0 aliphatic carbocycles. The van der Waals surface area contributed by atoms with Crippen molar-refractivity contribution in [2.45, 2.75) is 47.1 Å². The molecule has 6 heteroatoms. The molecule has 0 saturated carbocycles. The van der Waals surface area contributed by atoms with Gasteiger partial charge < -0.3 is 15.5 Å². The van der Waals surface area contributed by atoms with Gasteiger partial charge in [-0.2, -0.15) is 0 Å². The standard InChI is InChI=1S/C16H31N5S/c1-5-14-12-19-15(22-14)13-20-16(17-6-2)18-10-9-11-21(7-3)8-4/h12H,5-11,13H2,1-4H3,(H2,17,18,20). The Hall–Kier alpha value is -1.14. The molecule has 0 radical (unpaired) electrons. The normalized spacial score (nSPS) is 12.0. The molecule has 0 aliphatic heterocycles. The van der Waals surface area contributed by atoms with Gasteiger partial charge >= 0.3 is 0 Å². The van der Waals surface area contributed by atoms with Crippen LogP contribution in [-0.2, 0) is 13.0 Å². The summed E-state index contributed by atoms with van der Waals surface area (Å²) < 4.78 is 0. The first-order valence-electron chi connectivity index (χ1n) is 8.41. The summed E-state index contributed by atoms with van der Waals surface area (Å²) in [7, 11) is 0. The second-order valence-electron chi connectivity index (χ2n) is 5.08. The molecule has 1 aromatic rings. The molecule has 22 heavy (non-hydrogen) atoms. The molecule has 0 aromatic carbocycles. The second kappa shape index (κ2) is 11.4. The largest absolute Gasteiger partial charge is 0.357 e. The van der Waals surface area contributed by atoms with E-state index in [1.54, 1.807) is 11.3 Å². The van der Waals surface area contributed by atoms with E-state index >= 15 is 0 Å². The Morgan fingerprint density at radius 3 is 2.59 bits per heavy atom. The van der Waals surface area contributed by atoms with Gasteiger partial charge in [-0.05, 0) is 39.4 Å². The number of nitrogens with zero attached hydrogens (tertiary/aromatic N) is 3. The molecule has 0 atom stereocenters. The van der Waals surface area contributed by atoms with Crippen LogP contribution in [0.3, 0.4) is 0 Å². The minimum absolute atomic E-state index is 0.649. The van der Waals surface area contributed by atoms with Crippen molar-refractivity contribution in [1.82, 2.24) is 20.5 Å². The monoisotopic (exact) mass is 325 g/mol. The van der Waals surface area contributed by atoms with Crippen LogP contribution in [0.15, 0.2) is 11.2 Å². The highest BCUT2D eigenvalue weighted by Crippen LogP contribution is 2.13. The summed E-state index contributed by atoms with van der Waals surface area (Å²) in [5.41, 5.74) is 0. The van der Waals surface area contributed by atoms with Crippen LogP contribution in [0.4, 0.5) is 0 Å². The van der Waals surface area contributed by atoms with Gasteiger partial charge in [-0.25, -0.2) is 9.98 Å². The zero-order valence-electron chi connectivity index (χ0n) is 14.5. The maximum Gasteiger partial charge on any atom is 0.191 e. The highest BCUT2D eigenvalue weighted by Gasteiger charge is 2.02. The predicted octanol–water partition coefficient (Wildman–Crippen LogP) is 2.49. The molecule has 0 aliphatic rings. The summed E-state index contributed by atoms with van der Waals surface area (Å²) in [6, 6.07) is 0. The topological polar surface area (TPSA) is 52.6 Å². The van der Waals surface area contributed by atoms with Crippen LogP contribution in [0.2, 0.25) is 0 Å². The third-order valence-corrected chi connectivity index (χ3v) is 4.63. The fourth-order valence-corrected chi connectivity index (χ4v) is 2.91. The SMILES string of the molecule is CCNC(=NCc1ncc(CC)s1)NCCCN(CC)CC. The smallest absolute Gasteiger partial charge is 0.191 e. The number of guanidine groups is 1. The average Bonchev–Trinajstić information content (AvgIpc) is 3.00. The van der Waals surface area contributed by atoms with Gasteiger partial charge in [0.05, 0.1) is 6.54 Å². The van der Waals surface area contributed by atoms with E-state index in [0.29, 0.717) is 6.54 Å². The molecule has 2 N–H and O–H groups in total. The van der Waals surface area contributed by atoms with Crippen molar-refractivity contribution in [1.29, 1.82) is 0 Å². The summed E-state index contributed by atoms with van der Waals surface area (Å²) in [6.07, 6.45) is 4.13. The Bertz CT molecular complexity index is 426. The number of hydrogen-bond donors (Lipinski definition) is 2. The molecule has 1 aromatic heterocycles. The Morgan fingerprint density at radius 1 is 1.23 bits per heavy atom. The molecule has 0 fully saturated rings. The molecular weight excluding hydrogens is 294 g/mol. The highest BCUT2D eigenvalue weighted by atomic mass is 32.1. The fraction of sp³-hybridized carbons (Fsp3) is 0.750. The lowest BCUT2D eigenvalue weighted by Crippen LogP contribution is -2.38. The van der Waals surface area contributed by atoms with E-state index < -0.39 is 0 Å². The minimum Gasteiger partial charge on any atom is -0.357 e.